The highest BCUT2D eigenvalue weighted by molar-refractivity contribution is 9.10. The van der Waals surface area contributed by atoms with Crippen LogP contribution in [0.3, 0.4) is 0 Å². The number of anilines is 1. The third-order valence-electron chi connectivity index (χ3n) is 2.35. The third kappa shape index (κ3) is 4.88. The maximum atomic E-state index is 11.8. The Morgan fingerprint density at radius 1 is 1.47 bits per heavy atom. The standard InChI is InChI=1S/C13H18BrNO2/c1-13(2,14)12(17)15-11-7-3-5-10(9-11)6-4-8-16/h3,5,7,9,16H,4,6,8H2,1-2H3,(H,15,17). The fourth-order valence-corrected chi connectivity index (χ4v) is 1.47. The molecule has 1 amide bonds. The summed E-state index contributed by atoms with van der Waals surface area (Å²) in [6.07, 6.45) is 1.55. The molecule has 0 bridgehead atoms. The van der Waals surface area contributed by atoms with E-state index in [1.165, 1.54) is 0 Å². The van der Waals surface area contributed by atoms with Crippen molar-refractivity contribution in [1.29, 1.82) is 0 Å². The van der Waals surface area contributed by atoms with Gasteiger partial charge in [0.2, 0.25) is 5.91 Å². The van der Waals surface area contributed by atoms with E-state index in [1.807, 2.05) is 24.3 Å². The number of halogens is 1. The average molecular weight is 300 g/mol. The molecule has 0 saturated carbocycles. The molecule has 0 atom stereocenters. The summed E-state index contributed by atoms with van der Waals surface area (Å²) in [4.78, 5) is 11.8. The molecule has 0 saturated heterocycles. The van der Waals surface area contributed by atoms with Crippen LogP contribution in [0.1, 0.15) is 25.8 Å². The maximum absolute atomic E-state index is 11.8. The number of carbonyl (C=O) groups excluding carboxylic acids is 1. The Morgan fingerprint density at radius 3 is 2.76 bits per heavy atom. The molecule has 0 aromatic heterocycles. The fraction of sp³-hybridized carbons (Fsp3) is 0.462. The highest BCUT2D eigenvalue weighted by Gasteiger charge is 2.23. The molecule has 2 N–H and O–H groups in total. The molecule has 0 unspecified atom stereocenters. The Morgan fingerprint density at radius 2 is 2.18 bits per heavy atom. The van der Waals surface area contributed by atoms with Crippen molar-refractivity contribution in [2.24, 2.45) is 0 Å². The van der Waals surface area contributed by atoms with Gasteiger partial charge in [-0.25, -0.2) is 0 Å². The lowest BCUT2D eigenvalue weighted by Crippen LogP contribution is -2.30. The Kier molecular flexibility index (Phi) is 5.15. The number of alkyl halides is 1. The molecular formula is C13H18BrNO2. The third-order valence-corrected chi connectivity index (χ3v) is 2.71. The first-order valence-corrected chi connectivity index (χ1v) is 6.43. The first-order chi connectivity index (χ1) is 7.93. The molecule has 17 heavy (non-hydrogen) atoms. The number of hydrogen-bond acceptors (Lipinski definition) is 2. The topological polar surface area (TPSA) is 49.3 Å². The van der Waals surface area contributed by atoms with Gasteiger partial charge in [0, 0.05) is 12.3 Å². The zero-order valence-electron chi connectivity index (χ0n) is 10.2. The van der Waals surface area contributed by atoms with Gasteiger partial charge in [-0.2, -0.15) is 0 Å². The second-order valence-corrected chi connectivity index (χ2v) is 6.44. The summed E-state index contributed by atoms with van der Waals surface area (Å²) in [6, 6.07) is 7.69. The summed E-state index contributed by atoms with van der Waals surface area (Å²) >= 11 is 3.32. The van der Waals surface area contributed by atoms with E-state index >= 15 is 0 Å². The highest BCUT2D eigenvalue weighted by Crippen LogP contribution is 2.19. The summed E-state index contributed by atoms with van der Waals surface area (Å²) in [6.45, 7) is 3.79. The van der Waals surface area contributed by atoms with Crippen molar-refractivity contribution in [3.05, 3.63) is 29.8 Å². The van der Waals surface area contributed by atoms with E-state index in [0.29, 0.717) is 0 Å². The van der Waals surface area contributed by atoms with E-state index in [4.69, 9.17) is 5.11 Å². The SMILES string of the molecule is CC(C)(Br)C(=O)Nc1cccc(CCCO)c1. The minimum atomic E-state index is -0.575. The Hall–Kier alpha value is -0.870. The van der Waals surface area contributed by atoms with Crippen LogP contribution >= 0.6 is 15.9 Å². The Labute approximate surface area is 110 Å². The van der Waals surface area contributed by atoms with Crippen LogP contribution in [0.15, 0.2) is 24.3 Å². The number of aliphatic hydroxyl groups excluding tert-OH is 1. The van der Waals surface area contributed by atoms with Crippen LogP contribution in [0.4, 0.5) is 5.69 Å². The number of rotatable bonds is 5. The van der Waals surface area contributed by atoms with Crippen LogP contribution < -0.4 is 5.32 Å². The minimum absolute atomic E-state index is 0.0724. The number of aliphatic hydroxyl groups is 1. The Balaban J connectivity index is 2.69. The highest BCUT2D eigenvalue weighted by atomic mass is 79.9. The summed E-state index contributed by atoms with van der Waals surface area (Å²) in [7, 11) is 0. The molecular weight excluding hydrogens is 282 g/mol. The van der Waals surface area contributed by atoms with E-state index < -0.39 is 4.32 Å². The van der Waals surface area contributed by atoms with Crippen molar-refractivity contribution < 1.29 is 9.90 Å². The monoisotopic (exact) mass is 299 g/mol. The van der Waals surface area contributed by atoms with Crippen LogP contribution in [0.25, 0.3) is 0 Å². The van der Waals surface area contributed by atoms with E-state index in [2.05, 4.69) is 21.2 Å². The number of hydrogen-bond donors (Lipinski definition) is 2. The second kappa shape index (κ2) is 6.17. The van der Waals surface area contributed by atoms with Crippen LogP contribution in [-0.2, 0) is 11.2 Å². The molecule has 0 heterocycles. The van der Waals surface area contributed by atoms with E-state index in [1.54, 1.807) is 13.8 Å². The molecule has 94 valence electrons. The summed E-state index contributed by atoms with van der Waals surface area (Å²) in [5, 5.41) is 11.6. The quantitative estimate of drug-likeness (QED) is 0.822. The van der Waals surface area contributed by atoms with Crippen LogP contribution in [0, 0.1) is 0 Å². The molecule has 0 aliphatic carbocycles. The van der Waals surface area contributed by atoms with E-state index in [9.17, 15) is 4.79 Å². The fourth-order valence-electron chi connectivity index (χ4n) is 1.37. The zero-order valence-corrected chi connectivity index (χ0v) is 11.8. The van der Waals surface area contributed by atoms with Crippen LogP contribution in [0.5, 0.6) is 0 Å². The minimum Gasteiger partial charge on any atom is -0.396 e. The first-order valence-electron chi connectivity index (χ1n) is 5.63. The van der Waals surface area contributed by atoms with Gasteiger partial charge < -0.3 is 10.4 Å². The number of benzene rings is 1. The maximum Gasteiger partial charge on any atom is 0.240 e. The van der Waals surface area contributed by atoms with Crippen LogP contribution in [-0.4, -0.2) is 21.9 Å². The second-order valence-electron chi connectivity index (χ2n) is 4.45. The van der Waals surface area contributed by atoms with Crippen molar-refractivity contribution in [1.82, 2.24) is 0 Å². The molecule has 0 fully saturated rings. The largest absolute Gasteiger partial charge is 0.396 e. The van der Waals surface area contributed by atoms with Crippen molar-refractivity contribution in [2.75, 3.05) is 11.9 Å². The van der Waals surface area contributed by atoms with E-state index in [-0.39, 0.29) is 12.5 Å². The number of amides is 1. The van der Waals surface area contributed by atoms with Crippen LogP contribution in [0.2, 0.25) is 0 Å². The summed E-state index contributed by atoms with van der Waals surface area (Å²) < 4.78 is -0.575. The van der Waals surface area contributed by atoms with Crippen molar-refractivity contribution >= 4 is 27.5 Å². The van der Waals surface area contributed by atoms with Gasteiger partial charge in [-0.05, 0) is 44.4 Å². The molecule has 0 aliphatic heterocycles. The lowest BCUT2D eigenvalue weighted by Gasteiger charge is -2.16. The van der Waals surface area contributed by atoms with Gasteiger partial charge in [-0.1, -0.05) is 28.1 Å². The van der Waals surface area contributed by atoms with Crippen molar-refractivity contribution in [3.8, 4) is 0 Å². The zero-order chi connectivity index (χ0) is 12.9. The number of carbonyl (C=O) groups is 1. The summed E-state index contributed by atoms with van der Waals surface area (Å²) in [5.41, 5.74) is 1.90. The normalized spacial score (nSPS) is 11.3. The molecule has 1 aromatic rings. The van der Waals surface area contributed by atoms with Gasteiger partial charge in [-0.3, -0.25) is 4.79 Å². The lowest BCUT2D eigenvalue weighted by molar-refractivity contribution is -0.117. The molecule has 1 rings (SSSR count). The predicted octanol–water partition coefficient (Wildman–Crippen LogP) is 2.72. The smallest absolute Gasteiger partial charge is 0.240 e. The average Bonchev–Trinajstić information content (AvgIpc) is 2.25. The van der Waals surface area contributed by atoms with E-state index in [0.717, 1.165) is 24.1 Å². The van der Waals surface area contributed by atoms with Gasteiger partial charge in [0.1, 0.15) is 0 Å². The van der Waals surface area contributed by atoms with Gasteiger partial charge in [0.05, 0.1) is 4.32 Å². The van der Waals surface area contributed by atoms with Gasteiger partial charge >= 0.3 is 0 Å². The number of nitrogens with one attached hydrogen (secondary N) is 1. The van der Waals surface area contributed by atoms with Gasteiger partial charge in [0.15, 0.2) is 0 Å². The van der Waals surface area contributed by atoms with Gasteiger partial charge in [-0.15, -0.1) is 0 Å². The first kappa shape index (κ1) is 14.2. The van der Waals surface area contributed by atoms with Gasteiger partial charge in [0.25, 0.3) is 0 Å². The molecule has 0 aliphatic rings. The van der Waals surface area contributed by atoms with Crippen molar-refractivity contribution in [3.63, 3.8) is 0 Å². The number of aryl methyl sites for hydroxylation is 1. The van der Waals surface area contributed by atoms with Crippen molar-refractivity contribution in [2.45, 2.75) is 31.0 Å². The molecule has 0 radical (unpaired) electrons. The Bertz CT molecular complexity index is 385. The molecule has 0 spiro atoms. The molecule has 1 aromatic carbocycles. The lowest BCUT2D eigenvalue weighted by atomic mass is 10.1. The molecule has 4 heteroatoms. The predicted molar refractivity (Wildman–Crippen MR) is 73.5 cm³/mol. The molecule has 3 nitrogen and oxygen atoms in total. The summed E-state index contributed by atoms with van der Waals surface area (Å²) in [5.74, 6) is -0.0724.